The van der Waals surface area contributed by atoms with Crippen LogP contribution < -0.4 is 5.32 Å². The molecule has 0 aliphatic carbocycles. The fourth-order valence-corrected chi connectivity index (χ4v) is 4.10. The van der Waals surface area contributed by atoms with Crippen LogP contribution in [-0.4, -0.2) is 29.3 Å². The minimum atomic E-state index is -0.783. The highest BCUT2D eigenvalue weighted by Gasteiger charge is 2.30. The second-order valence-electron chi connectivity index (χ2n) is 9.05. The van der Waals surface area contributed by atoms with Crippen molar-refractivity contribution in [2.45, 2.75) is 45.7 Å². The molecule has 35 heavy (non-hydrogen) atoms. The highest BCUT2D eigenvalue weighted by molar-refractivity contribution is 6.31. The fourth-order valence-electron chi connectivity index (χ4n) is 3.87. The van der Waals surface area contributed by atoms with Gasteiger partial charge in [-0.15, -0.1) is 0 Å². The summed E-state index contributed by atoms with van der Waals surface area (Å²) in [5.41, 5.74) is 2.15. The lowest BCUT2D eigenvalue weighted by Crippen LogP contribution is -2.51. The molecule has 0 aliphatic rings. The average molecular weight is 495 g/mol. The van der Waals surface area contributed by atoms with Crippen LogP contribution in [0.15, 0.2) is 78.9 Å². The van der Waals surface area contributed by atoms with Crippen LogP contribution in [0.1, 0.15) is 37.0 Å². The Balaban J connectivity index is 1.92. The molecule has 6 heteroatoms. The molecular formula is C29H32ClFN2O2. The van der Waals surface area contributed by atoms with E-state index in [1.165, 1.54) is 11.0 Å². The summed E-state index contributed by atoms with van der Waals surface area (Å²) in [4.78, 5) is 28.5. The highest BCUT2D eigenvalue weighted by atomic mass is 35.5. The second kappa shape index (κ2) is 13.1. The summed E-state index contributed by atoms with van der Waals surface area (Å²) in [6, 6.07) is 22.5. The zero-order chi connectivity index (χ0) is 25.2. The summed E-state index contributed by atoms with van der Waals surface area (Å²) < 4.78 is 14.6. The van der Waals surface area contributed by atoms with Gasteiger partial charge in [0.05, 0.1) is 0 Å². The summed E-state index contributed by atoms with van der Waals surface area (Å²) in [5.74, 6) is -0.622. The first-order valence-electron chi connectivity index (χ1n) is 11.9. The number of carbonyl (C=O) groups excluding carboxylic acids is 2. The third-order valence-electron chi connectivity index (χ3n) is 5.82. The van der Waals surface area contributed by atoms with Crippen molar-refractivity contribution in [1.29, 1.82) is 0 Å². The maximum atomic E-state index is 14.6. The number of hydrogen-bond donors (Lipinski definition) is 1. The van der Waals surface area contributed by atoms with Gasteiger partial charge in [0, 0.05) is 36.5 Å². The molecule has 0 saturated heterocycles. The predicted molar refractivity (Wildman–Crippen MR) is 139 cm³/mol. The Labute approximate surface area is 212 Å². The van der Waals surface area contributed by atoms with E-state index in [0.717, 1.165) is 11.1 Å². The van der Waals surface area contributed by atoms with Gasteiger partial charge in [0.2, 0.25) is 11.8 Å². The molecule has 0 radical (unpaired) electrons. The van der Waals surface area contributed by atoms with E-state index in [1.54, 1.807) is 24.3 Å². The Morgan fingerprint density at radius 2 is 1.54 bits per heavy atom. The lowest BCUT2D eigenvalue weighted by molar-refractivity contribution is -0.141. The molecule has 0 heterocycles. The molecule has 0 spiro atoms. The van der Waals surface area contributed by atoms with Crippen LogP contribution in [0.25, 0.3) is 0 Å². The van der Waals surface area contributed by atoms with Crippen molar-refractivity contribution < 1.29 is 14.0 Å². The number of rotatable bonds is 11. The van der Waals surface area contributed by atoms with E-state index in [1.807, 2.05) is 62.4 Å². The lowest BCUT2D eigenvalue weighted by Gasteiger charge is -2.32. The van der Waals surface area contributed by atoms with Crippen molar-refractivity contribution in [3.8, 4) is 0 Å². The fraction of sp³-hybridized carbons (Fsp3) is 0.310. The summed E-state index contributed by atoms with van der Waals surface area (Å²) >= 11 is 6.29. The minimum Gasteiger partial charge on any atom is -0.354 e. The summed E-state index contributed by atoms with van der Waals surface area (Å²) in [6.07, 6.45) is 0.913. The average Bonchev–Trinajstić information content (AvgIpc) is 2.85. The van der Waals surface area contributed by atoms with Crippen molar-refractivity contribution in [2.24, 2.45) is 5.92 Å². The van der Waals surface area contributed by atoms with Crippen molar-refractivity contribution >= 4 is 23.4 Å². The topological polar surface area (TPSA) is 49.4 Å². The first-order chi connectivity index (χ1) is 16.8. The van der Waals surface area contributed by atoms with Gasteiger partial charge in [-0.05, 0) is 35.6 Å². The molecule has 0 fully saturated rings. The van der Waals surface area contributed by atoms with E-state index >= 15 is 0 Å². The van der Waals surface area contributed by atoms with Gasteiger partial charge >= 0.3 is 0 Å². The third kappa shape index (κ3) is 7.93. The van der Waals surface area contributed by atoms with Gasteiger partial charge in [-0.3, -0.25) is 9.59 Å². The first kappa shape index (κ1) is 26.4. The first-order valence-corrected chi connectivity index (χ1v) is 12.3. The predicted octanol–water partition coefficient (Wildman–Crippen LogP) is 5.82. The third-order valence-corrected chi connectivity index (χ3v) is 6.19. The molecule has 2 amide bonds. The molecule has 0 saturated carbocycles. The Hall–Kier alpha value is -3.18. The molecule has 0 bridgehead atoms. The van der Waals surface area contributed by atoms with Crippen LogP contribution in [0.2, 0.25) is 5.02 Å². The summed E-state index contributed by atoms with van der Waals surface area (Å²) in [6.45, 7) is 4.52. The van der Waals surface area contributed by atoms with Crippen LogP contribution in [-0.2, 0) is 29.0 Å². The van der Waals surface area contributed by atoms with Crippen molar-refractivity contribution in [2.75, 3.05) is 6.54 Å². The summed E-state index contributed by atoms with van der Waals surface area (Å²) in [5, 5.41) is 3.57. The van der Waals surface area contributed by atoms with Crippen molar-refractivity contribution in [3.63, 3.8) is 0 Å². The Morgan fingerprint density at radius 1 is 0.914 bits per heavy atom. The molecule has 3 aromatic carbocycles. The molecule has 1 N–H and O–H groups in total. The molecule has 1 atom stereocenters. The lowest BCUT2D eigenvalue weighted by atomic mass is 10.0. The Kier molecular flexibility index (Phi) is 9.86. The zero-order valence-corrected chi connectivity index (χ0v) is 21.0. The van der Waals surface area contributed by atoms with Gasteiger partial charge in [0.15, 0.2) is 0 Å². The zero-order valence-electron chi connectivity index (χ0n) is 20.2. The Morgan fingerprint density at radius 3 is 2.20 bits per heavy atom. The van der Waals surface area contributed by atoms with E-state index in [4.69, 9.17) is 11.6 Å². The standard InChI is InChI=1S/C29H32ClFN2O2/c1-21(2)19-32-29(35)27(18-22-10-4-3-5-11-22)33(20-24-13-7-9-15-26(24)31)28(34)17-16-23-12-6-8-14-25(23)30/h3-15,21,27H,16-20H2,1-2H3,(H,32,35)/t27-/m0/s1. The van der Waals surface area contributed by atoms with Crippen LogP contribution in [0, 0.1) is 11.7 Å². The van der Waals surface area contributed by atoms with Crippen LogP contribution in [0.5, 0.6) is 0 Å². The molecule has 3 rings (SSSR count). The van der Waals surface area contributed by atoms with Crippen LogP contribution in [0.4, 0.5) is 4.39 Å². The number of nitrogens with one attached hydrogen (secondary N) is 1. The van der Waals surface area contributed by atoms with Crippen molar-refractivity contribution in [1.82, 2.24) is 10.2 Å². The SMILES string of the molecule is CC(C)CNC(=O)[C@H](Cc1ccccc1)N(Cc1ccccc1F)C(=O)CCc1ccccc1Cl. The molecule has 0 aromatic heterocycles. The number of halogens is 2. The number of nitrogens with zero attached hydrogens (tertiary/aromatic N) is 1. The highest BCUT2D eigenvalue weighted by Crippen LogP contribution is 2.21. The van der Waals surface area contributed by atoms with Gasteiger partial charge < -0.3 is 10.2 Å². The van der Waals surface area contributed by atoms with E-state index in [2.05, 4.69) is 5.32 Å². The van der Waals surface area contributed by atoms with Gasteiger partial charge in [0.25, 0.3) is 0 Å². The molecule has 0 unspecified atom stereocenters. The molecule has 4 nitrogen and oxygen atoms in total. The number of benzene rings is 3. The second-order valence-corrected chi connectivity index (χ2v) is 9.46. The summed E-state index contributed by atoms with van der Waals surface area (Å²) in [7, 11) is 0. The number of amides is 2. The normalized spacial score (nSPS) is 11.8. The molecule has 3 aromatic rings. The largest absolute Gasteiger partial charge is 0.354 e. The smallest absolute Gasteiger partial charge is 0.243 e. The minimum absolute atomic E-state index is 0.000622. The molecule has 184 valence electrons. The maximum absolute atomic E-state index is 14.6. The van der Waals surface area contributed by atoms with E-state index in [-0.39, 0.29) is 30.7 Å². The van der Waals surface area contributed by atoms with Crippen LogP contribution >= 0.6 is 11.6 Å². The monoisotopic (exact) mass is 494 g/mol. The van der Waals surface area contributed by atoms with Crippen molar-refractivity contribution in [3.05, 3.63) is 106 Å². The van der Waals surface area contributed by atoms with E-state index < -0.39 is 11.9 Å². The van der Waals surface area contributed by atoms with E-state index in [0.29, 0.717) is 30.0 Å². The maximum Gasteiger partial charge on any atom is 0.243 e. The van der Waals surface area contributed by atoms with Gasteiger partial charge in [-0.1, -0.05) is 92.2 Å². The van der Waals surface area contributed by atoms with E-state index in [9.17, 15) is 14.0 Å². The quantitative estimate of drug-likeness (QED) is 0.365. The number of hydrogen-bond acceptors (Lipinski definition) is 2. The molecule has 0 aliphatic heterocycles. The number of carbonyl (C=O) groups is 2. The van der Waals surface area contributed by atoms with Crippen LogP contribution in [0.3, 0.4) is 0 Å². The van der Waals surface area contributed by atoms with Gasteiger partial charge in [-0.2, -0.15) is 0 Å². The molecular weight excluding hydrogens is 463 g/mol. The Bertz CT molecular complexity index is 1120. The van der Waals surface area contributed by atoms with Gasteiger partial charge in [0.1, 0.15) is 11.9 Å². The van der Waals surface area contributed by atoms with Gasteiger partial charge in [-0.25, -0.2) is 4.39 Å². The number of aryl methyl sites for hydroxylation is 1.